The summed E-state index contributed by atoms with van der Waals surface area (Å²) in [6.45, 7) is 9.49. The van der Waals surface area contributed by atoms with Gasteiger partial charge < -0.3 is 5.43 Å². The molecule has 0 fully saturated rings. The van der Waals surface area contributed by atoms with Gasteiger partial charge in [0.15, 0.2) is 0 Å². The van der Waals surface area contributed by atoms with Crippen molar-refractivity contribution in [3.8, 4) is 0 Å². The molecular weight excluding hydrogens is 152 g/mol. The zero-order valence-electron chi connectivity index (χ0n) is 8.56. The fraction of sp³-hybridized carbons (Fsp3) is 0.778. The number of nitrogens with one attached hydrogen (secondary N) is 1. The lowest BCUT2D eigenvalue weighted by molar-refractivity contribution is -0.115. The third-order valence-electron chi connectivity index (χ3n) is 1.09. The number of carbonyl (C=O) groups is 1. The van der Waals surface area contributed by atoms with Crippen LogP contribution in [0.1, 0.15) is 41.0 Å². The Morgan fingerprint density at radius 3 is 2.17 bits per heavy atom. The van der Waals surface area contributed by atoms with Gasteiger partial charge in [0.25, 0.3) is 0 Å². The zero-order chi connectivity index (χ0) is 9.78. The molecule has 0 heterocycles. The molecular formula is C9H18N2O. The number of Topliss-reactive ketones (excluding diaryl/α,β-unsaturated/α-hetero) is 1. The van der Waals surface area contributed by atoms with E-state index in [0.717, 1.165) is 5.71 Å². The Balaban J connectivity index is 3.93. The molecule has 0 rings (SSSR count). The largest absolute Gasteiger partial charge is 0.305 e. The maximum absolute atomic E-state index is 10.7. The minimum absolute atomic E-state index is 0.0297. The van der Waals surface area contributed by atoms with Gasteiger partial charge in [0, 0.05) is 17.7 Å². The zero-order valence-corrected chi connectivity index (χ0v) is 8.56. The van der Waals surface area contributed by atoms with E-state index in [2.05, 4.69) is 10.5 Å². The number of carbonyl (C=O) groups excluding carboxylic acids is 1. The Kier molecular flexibility index (Phi) is 3.93. The molecule has 0 spiro atoms. The maximum Gasteiger partial charge on any atom is 0.135 e. The highest BCUT2D eigenvalue weighted by atomic mass is 16.1. The van der Waals surface area contributed by atoms with Crippen LogP contribution in [0.3, 0.4) is 0 Å². The molecule has 70 valence electrons. The van der Waals surface area contributed by atoms with E-state index < -0.39 is 0 Å². The van der Waals surface area contributed by atoms with Crippen molar-refractivity contribution in [3.63, 3.8) is 0 Å². The summed E-state index contributed by atoms with van der Waals surface area (Å²) >= 11 is 0. The highest BCUT2D eigenvalue weighted by molar-refractivity contribution is 5.99. The Bertz CT molecular complexity index is 189. The molecule has 0 aromatic heterocycles. The van der Waals surface area contributed by atoms with Gasteiger partial charge in [-0.1, -0.05) is 0 Å². The summed E-state index contributed by atoms with van der Waals surface area (Å²) in [4.78, 5) is 10.7. The van der Waals surface area contributed by atoms with Crippen LogP contribution in [0.15, 0.2) is 5.10 Å². The van der Waals surface area contributed by atoms with Gasteiger partial charge in [-0.2, -0.15) is 5.10 Å². The lowest BCUT2D eigenvalue weighted by Crippen LogP contribution is -2.32. The lowest BCUT2D eigenvalue weighted by Gasteiger charge is -2.17. The van der Waals surface area contributed by atoms with Gasteiger partial charge in [0.1, 0.15) is 5.78 Å². The molecule has 0 aromatic rings. The molecule has 0 aliphatic heterocycles. The van der Waals surface area contributed by atoms with Crippen molar-refractivity contribution in [2.75, 3.05) is 0 Å². The van der Waals surface area contributed by atoms with E-state index in [9.17, 15) is 4.79 Å². The summed E-state index contributed by atoms with van der Waals surface area (Å²) < 4.78 is 0. The first-order chi connectivity index (χ1) is 5.31. The fourth-order valence-electron chi connectivity index (χ4n) is 0.663. The van der Waals surface area contributed by atoms with Crippen LogP contribution in [-0.4, -0.2) is 17.0 Å². The molecule has 0 aliphatic carbocycles. The van der Waals surface area contributed by atoms with Crippen LogP contribution in [0.5, 0.6) is 0 Å². The monoisotopic (exact) mass is 170 g/mol. The van der Waals surface area contributed by atoms with Crippen LogP contribution >= 0.6 is 0 Å². The summed E-state index contributed by atoms with van der Waals surface area (Å²) in [6.07, 6.45) is 0.434. The van der Waals surface area contributed by atoms with Crippen molar-refractivity contribution in [3.05, 3.63) is 0 Å². The summed E-state index contributed by atoms with van der Waals surface area (Å²) in [6, 6.07) is 0. The van der Waals surface area contributed by atoms with Gasteiger partial charge in [0.05, 0.1) is 0 Å². The predicted molar refractivity (Wildman–Crippen MR) is 51.3 cm³/mol. The number of hydrogen-bond donors (Lipinski definition) is 1. The molecule has 12 heavy (non-hydrogen) atoms. The van der Waals surface area contributed by atoms with Gasteiger partial charge >= 0.3 is 0 Å². The van der Waals surface area contributed by atoms with Crippen molar-refractivity contribution < 1.29 is 4.79 Å². The second-order valence-corrected chi connectivity index (χ2v) is 4.09. The van der Waals surface area contributed by atoms with Gasteiger partial charge in [-0.25, -0.2) is 0 Å². The van der Waals surface area contributed by atoms with E-state index in [-0.39, 0.29) is 11.3 Å². The maximum atomic E-state index is 10.7. The van der Waals surface area contributed by atoms with Crippen LogP contribution in [-0.2, 0) is 4.79 Å². The summed E-state index contributed by atoms with van der Waals surface area (Å²) in [5.41, 5.74) is 3.76. The predicted octanol–water partition coefficient (Wildman–Crippen LogP) is 1.73. The SMILES string of the molecule is CC(=O)C/C(C)=N/NC(C)(C)C. The summed E-state index contributed by atoms with van der Waals surface area (Å²) in [5.74, 6) is 0.145. The molecule has 0 atom stereocenters. The van der Waals surface area contributed by atoms with Gasteiger partial charge in [-0.05, 0) is 34.6 Å². The third-order valence-corrected chi connectivity index (χ3v) is 1.09. The minimum Gasteiger partial charge on any atom is -0.305 e. The first-order valence-corrected chi connectivity index (χ1v) is 4.11. The van der Waals surface area contributed by atoms with Crippen molar-refractivity contribution in [2.24, 2.45) is 5.10 Å². The van der Waals surface area contributed by atoms with Crippen molar-refractivity contribution >= 4 is 11.5 Å². The quantitative estimate of drug-likeness (QED) is 0.517. The number of hydrazone groups is 1. The number of nitrogens with zero attached hydrogens (tertiary/aromatic N) is 1. The van der Waals surface area contributed by atoms with Gasteiger partial charge in [-0.3, -0.25) is 4.79 Å². The molecule has 0 bridgehead atoms. The molecule has 0 aromatic carbocycles. The second-order valence-electron chi connectivity index (χ2n) is 4.09. The molecule has 0 unspecified atom stereocenters. The highest BCUT2D eigenvalue weighted by Crippen LogP contribution is 1.98. The van der Waals surface area contributed by atoms with E-state index in [4.69, 9.17) is 0 Å². The topological polar surface area (TPSA) is 41.5 Å². The highest BCUT2D eigenvalue weighted by Gasteiger charge is 2.06. The Labute approximate surface area is 74.2 Å². The average Bonchev–Trinajstić information content (AvgIpc) is 1.80. The van der Waals surface area contributed by atoms with E-state index in [1.807, 2.05) is 27.7 Å². The molecule has 0 amide bonds. The fourth-order valence-corrected chi connectivity index (χ4v) is 0.663. The molecule has 3 heteroatoms. The first-order valence-electron chi connectivity index (χ1n) is 4.11. The average molecular weight is 170 g/mol. The first kappa shape index (κ1) is 11.1. The van der Waals surface area contributed by atoms with Crippen molar-refractivity contribution in [1.29, 1.82) is 0 Å². The van der Waals surface area contributed by atoms with E-state index in [1.54, 1.807) is 6.92 Å². The molecule has 0 radical (unpaired) electrons. The van der Waals surface area contributed by atoms with E-state index in [1.165, 1.54) is 0 Å². The van der Waals surface area contributed by atoms with Gasteiger partial charge in [0.2, 0.25) is 0 Å². The minimum atomic E-state index is -0.0297. The van der Waals surface area contributed by atoms with Crippen molar-refractivity contribution in [1.82, 2.24) is 5.43 Å². The normalized spacial score (nSPS) is 12.9. The molecule has 1 N–H and O–H groups in total. The molecule has 0 aliphatic rings. The number of ketones is 1. The smallest absolute Gasteiger partial charge is 0.135 e. The number of hydrogen-bond acceptors (Lipinski definition) is 3. The van der Waals surface area contributed by atoms with E-state index in [0.29, 0.717) is 6.42 Å². The number of rotatable bonds is 3. The molecule has 0 saturated heterocycles. The second kappa shape index (κ2) is 4.24. The van der Waals surface area contributed by atoms with Crippen LogP contribution in [0, 0.1) is 0 Å². The standard InChI is InChI=1S/C9H18N2O/c1-7(6-8(2)12)10-11-9(3,4)5/h11H,6H2,1-5H3/b10-7+. The summed E-state index contributed by atoms with van der Waals surface area (Å²) in [5, 5.41) is 4.08. The van der Waals surface area contributed by atoms with E-state index >= 15 is 0 Å². The third kappa shape index (κ3) is 7.25. The van der Waals surface area contributed by atoms with Crippen LogP contribution in [0.25, 0.3) is 0 Å². The van der Waals surface area contributed by atoms with Crippen LogP contribution < -0.4 is 5.43 Å². The Hall–Kier alpha value is -0.860. The van der Waals surface area contributed by atoms with Crippen LogP contribution in [0.2, 0.25) is 0 Å². The molecule has 0 saturated carbocycles. The Morgan fingerprint density at radius 2 is 1.83 bits per heavy atom. The van der Waals surface area contributed by atoms with Crippen LogP contribution in [0.4, 0.5) is 0 Å². The van der Waals surface area contributed by atoms with Gasteiger partial charge in [-0.15, -0.1) is 0 Å². The Morgan fingerprint density at radius 1 is 1.33 bits per heavy atom. The lowest BCUT2D eigenvalue weighted by atomic mass is 10.1. The van der Waals surface area contributed by atoms with Crippen molar-refractivity contribution in [2.45, 2.75) is 46.6 Å². The summed E-state index contributed by atoms with van der Waals surface area (Å²) in [7, 11) is 0. The molecule has 3 nitrogen and oxygen atoms in total.